The first-order valence-corrected chi connectivity index (χ1v) is 8.38. The summed E-state index contributed by atoms with van der Waals surface area (Å²) in [4.78, 5) is 0.202. The molecule has 114 valence electrons. The van der Waals surface area contributed by atoms with E-state index in [1.807, 2.05) is 6.92 Å². The van der Waals surface area contributed by atoms with E-state index in [2.05, 4.69) is 16.6 Å². The lowest BCUT2D eigenvalue weighted by Gasteiger charge is -2.12. The molecule has 0 bridgehead atoms. The average Bonchev–Trinajstić information content (AvgIpc) is 2.96. The second-order valence-electron chi connectivity index (χ2n) is 5.09. The Labute approximate surface area is 125 Å². The van der Waals surface area contributed by atoms with Crippen LogP contribution in [0.15, 0.2) is 23.1 Å². The van der Waals surface area contributed by atoms with Crippen molar-refractivity contribution in [3.63, 3.8) is 0 Å². The highest BCUT2D eigenvalue weighted by molar-refractivity contribution is 7.89. The van der Waals surface area contributed by atoms with Crippen molar-refractivity contribution in [2.45, 2.75) is 18.2 Å². The topological polar surface area (TPSA) is 81.4 Å². The first-order valence-electron chi connectivity index (χ1n) is 6.90. The Morgan fingerprint density at radius 1 is 1.48 bits per heavy atom. The molecule has 2 rings (SSSR count). The molecule has 1 heterocycles. The van der Waals surface area contributed by atoms with Gasteiger partial charge in [-0.2, -0.15) is 0 Å². The zero-order valence-electron chi connectivity index (χ0n) is 12.1. The number of rotatable bonds is 4. The van der Waals surface area contributed by atoms with Crippen LogP contribution in [0.3, 0.4) is 0 Å². The van der Waals surface area contributed by atoms with E-state index in [1.165, 1.54) is 0 Å². The SMILES string of the molecule is Cc1ccc(S(=O)(=O)NCC2CCOC2)c(C#CCN)c1. The number of nitrogens with one attached hydrogen (secondary N) is 1. The summed E-state index contributed by atoms with van der Waals surface area (Å²) in [6.45, 7) is 3.79. The summed E-state index contributed by atoms with van der Waals surface area (Å²) in [7, 11) is -3.57. The van der Waals surface area contributed by atoms with Gasteiger partial charge in [0.1, 0.15) is 0 Å². The maximum absolute atomic E-state index is 12.4. The average molecular weight is 308 g/mol. The summed E-state index contributed by atoms with van der Waals surface area (Å²) in [5, 5.41) is 0. The van der Waals surface area contributed by atoms with E-state index < -0.39 is 10.0 Å². The number of sulfonamides is 1. The van der Waals surface area contributed by atoms with Crippen LogP contribution in [-0.4, -0.2) is 34.7 Å². The van der Waals surface area contributed by atoms with Crippen LogP contribution in [0.5, 0.6) is 0 Å². The Morgan fingerprint density at radius 3 is 2.95 bits per heavy atom. The van der Waals surface area contributed by atoms with Crippen LogP contribution >= 0.6 is 0 Å². The molecule has 1 aromatic rings. The quantitative estimate of drug-likeness (QED) is 0.799. The molecule has 0 radical (unpaired) electrons. The fourth-order valence-corrected chi connectivity index (χ4v) is 3.43. The number of nitrogens with two attached hydrogens (primary N) is 1. The van der Waals surface area contributed by atoms with Gasteiger partial charge < -0.3 is 10.5 Å². The summed E-state index contributed by atoms with van der Waals surface area (Å²) < 4.78 is 32.8. The first-order chi connectivity index (χ1) is 10.0. The number of hydrogen-bond donors (Lipinski definition) is 2. The van der Waals surface area contributed by atoms with E-state index in [4.69, 9.17) is 10.5 Å². The molecule has 5 nitrogen and oxygen atoms in total. The van der Waals surface area contributed by atoms with Gasteiger partial charge >= 0.3 is 0 Å². The van der Waals surface area contributed by atoms with E-state index in [9.17, 15) is 8.42 Å². The summed E-state index contributed by atoms with van der Waals surface area (Å²) in [6.07, 6.45) is 0.885. The molecule has 0 aromatic heterocycles. The van der Waals surface area contributed by atoms with Crippen molar-refractivity contribution in [1.82, 2.24) is 4.72 Å². The summed E-state index contributed by atoms with van der Waals surface area (Å²) in [6, 6.07) is 5.11. The van der Waals surface area contributed by atoms with Crippen LogP contribution in [0.1, 0.15) is 17.5 Å². The minimum atomic E-state index is -3.57. The molecule has 1 aliphatic heterocycles. The molecule has 1 aromatic carbocycles. The molecule has 3 N–H and O–H groups in total. The Hall–Kier alpha value is -1.39. The highest BCUT2D eigenvalue weighted by Gasteiger charge is 2.22. The fraction of sp³-hybridized carbons (Fsp3) is 0.467. The van der Waals surface area contributed by atoms with Gasteiger partial charge in [0.05, 0.1) is 18.0 Å². The lowest BCUT2D eigenvalue weighted by Crippen LogP contribution is -2.30. The van der Waals surface area contributed by atoms with E-state index in [-0.39, 0.29) is 17.4 Å². The molecule has 1 unspecified atom stereocenters. The van der Waals surface area contributed by atoms with E-state index in [0.717, 1.165) is 12.0 Å². The molecular formula is C15H20N2O3S. The van der Waals surface area contributed by atoms with Gasteiger partial charge in [0.15, 0.2) is 0 Å². The largest absolute Gasteiger partial charge is 0.381 e. The summed E-state index contributed by atoms with van der Waals surface area (Å²) in [5.41, 5.74) is 6.80. The molecule has 21 heavy (non-hydrogen) atoms. The summed E-state index contributed by atoms with van der Waals surface area (Å²) in [5.74, 6) is 5.78. The lowest BCUT2D eigenvalue weighted by atomic mass is 10.1. The smallest absolute Gasteiger partial charge is 0.241 e. The molecule has 1 aliphatic rings. The Morgan fingerprint density at radius 2 is 2.29 bits per heavy atom. The van der Waals surface area contributed by atoms with Gasteiger partial charge in [-0.25, -0.2) is 13.1 Å². The Bertz CT molecular complexity index is 653. The maximum atomic E-state index is 12.4. The Kier molecular flexibility index (Phi) is 5.37. The number of benzene rings is 1. The van der Waals surface area contributed by atoms with Crippen LogP contribution in [0.4, 0.5) is 0 Å². The molecular weight excluding hydrogens is 288 g/mol. The highest BCUT2D eigenvalue weighted by Crippen LogP contribution is 2.18. The van der Waals surface area contributed by atoms with Crippen molar-refractivity contribution in [2.24, 2.45) is 11.7 Å². The van der Waals surface area contributed by atoms with Crippen LogP contribution in [0.2, 0.25) is 0 Å². The lowest BCUT2D eigenvalue weighted by molar-refractivity contribution is 0.186. The van der Waals surface area contributed by atoms with Gasteiger partial charge in [-0.15, -0.1) is 0 Å². The van der Waals surface area contributed by atoms with Crippen molar-refractivity contribution in [3.05, 3.63) is 29.3 Å². The van der Waals surface area contributed by atoms with Crippen molar-refractivity contribution in [3.8, 4) is 11.8 Å². The molecule has 1 fully saturated rings. The second kappa shape index (κ2) is 7.05. The van der Waals surface area contributed by atoms with Crippen LogP contribution < -0.4 is 10.5 Å². The maximum Gasteiger partial charge on any atom is 0.241 e. The van der Waals surface area contributed by atoms with Crippen molar-refractivity contribution in [1.29, 1.82) is 0 Å². The van der Waals surface area contributed by atoms with Crippen LogP contribution in [0.25, 0.3) is 0 Å². The second-order valence-corrected chi connectivity index (χ2v) is 6.82. The molecule has 1 atom stereocenters. The van der Waals surface area contributed by atoms with E-state index >= 15 is 0 Å². The van der Waals surface area contributed by atoms with E-state index in [0.29, 0.717) is 25.3 Å². The number of ether oxygens (including phenoxy) is 1. The molecule has 1 saturated heterocycles. The van der Waals surface area contributed by atoms with Crippen LogP contribution in [-0.2, 0) is 14.8 Å². The minimum Gasteiger partial charge on any atom is -0.381 e. The zero-order valence-corrected chi connectivity index (χ0v) is 12.9. The van der Waals surface area contributed by atoms with Gasteiger partial charge in [0.2, 0.25) is 10.0 Å². The zero-order chi connectivity index (χ0) is 15.3. The standard InChI is InChI=1S/C15H20N2O3S/c1-12-4-5-15(14(9-12)3-2-7-16)21(18,19)17-10-13-6-8-20-11-13/h4-5,9,13,17H,6-8,10-11,16H2,1H3. The van der Waals surface area contributed by atoms with Crippen molar-refractivity contribution < 1.29 is 13.2 Å². The third-order valence-electron chi connectivity index (χ3n) is 3.34. The molecule has 0 aliphatic carbocycles. The van der Waals surface area contributed by atoms with Crippen molar-refractivity contribution in [2.75, 3.05) is 26.3 Å². The molecule has 6 heteroatoms. The summed E-state index contributed by atoms with van der Waals surface area (Å²) >= 11 is 0. The number of hydrogen-bond acceptors (Lipinski definition) is 4. The predicted octanol–water partition coefficient (Wildman–Crippen LogP) is 0.620. The number of aryl methyl sites for hydroxylation is 1. The van der Waals surface area contributed by atoms with Crippen molar-refractivity contribution >= 4 is 10.0 Å². The minimum absolute atomic E-state index is 0.195. The monoisotopic (exact) mass is 308 g/mol. The van der Waals surface area contributed by atoms with Gasteiger partial charge in [-0.3, -0.25) is 0 Å². The first kappa shape index (κ1) is 16.0. The normalized spacial score (nSPS) is 18.3. The van der Waals surface area contributed by atoms with Gasteiger partial charge in [-0.1, -0.05) is 17.9 Å². The Balaban J connectivity index is 2.21. The molecule has 0 amide bonds. The molecule has 0 spiro atoms. The van der Waals surface area contributed by atoms with Gasteiger partial charge in [0, 0.05) is 18.7 Å². The predicted molar refractivity (Wildman–Crippen MR) is 81.2 cm³/mol. The third kappa shape index (κ3) is 4.29. The van der Waals surface area contributed by atoms with Gasteiger partial charge in [-0.05, 0) is 37.0 Å². The third-order valence-corrected chi connectivity index (χ3v) is 4.82. The van der Waals surface area contributed by atoms with E-state index in [1.54, 1.807) is 18.2 Å². The highest BCUT2D eigenvalue weighted by atomic mass is 32.2. The fourth-order valence-electron chi connectivity index (χ4n) is 2.17. The molecule has 0 saturated carbocycles. The van der Waals surface area contributed by atoms with Crippen LogP contribution in [0, 0.1) is 24.7 Å². The van der Waals surface area contributed by atoms with Gasteiger partial charge in [0.25, 0.3) is 0 Å².